The van der Waals surface area contributed by atoms with Crippen molar-refractivity contribution in [2.24, 2.45) is 5.41 Å². The number of rotatable bonds is 6. The summed E-state index contributed by atoms with van der Waals surface area (Å²) < 4.78 is 0. The highest BCUT2D eigenvalue weighted by atomic mass is 16.2. The van der Waals surface area contributed by atoms with E-state index in [4.69, 9.17) is 0 Å². The van der Waals surface area contributed by atoms with Crippen molar-refractivity contribution < 1.29 is 9.59 Å². The van der Waals surface area contributed by atoms with Crippen molar-refractivity contribution in [3.8, 4) is 0 Å². The number of Topliss-reactive ketones (excluding diaryl/α,β-unsaturated/α-hetero) is 1. The number of nitrogens with zero attached hydrogens (tertiary/aromatic N) is 3. The molecule has 3 aromatic rings. The lowest BCUT2D eigenvalue weighted by atomic mass is 9.74. The first-order valence-electron chi connectivity index (χ1n) is 15.4. The van der Waals surface area contributed by atoms with Gasteiger partial charge in [0.15, 0.2) is 5.78 Å². The molecule has 0 aromatic heterocycles. The highest BCUT2D eigenvalue weighted by Crippen LogP contribution is 2.44. The van der Waals surface area contributed by atoms with E-state index in [0.717, 1.165) is 48.6 Å². The summed E-state index contributed by atoms with van der Waals surface area (Å²) in [5, 5.41) is 3.63. The molecule has 6 nitrogen and oxygen atoms in total. The quantitative estimate of drug-likeness (QED) is 0.384. The topological polar surface area (TPSA) is 55.9 Å². The second-order valence-corrected chi connectivity index (χ2v) is 12.7. The second-order valence-electron chi connectivity index (χ2n) is 12.7. The van der Waals surface area contributed by atoms with Gasteiger partial charge in [0, 0.05) is 43.9 Å². The van der Waals surface area contributed by atoms with Crippen LogP contribution in [0.15, 0.2) is 96.2 Å². The molecule has 2 heterocycles. The number of hydrogen-bond acceptors (Lipinski definition) is 5. The molecule has 1 fully saturated rings. The zero-order chi connectivity index (χ0) is 29.3. The van der Waals surface area contributed by atoms with Crippen LogP contribution in [-0.2, 0) is 9.59 Å². The molecule has 218 valence electrons. The van der Waals surface area contributed by atoms with Crippen molar-refractivity contribution in [3.63, 3.8) is 0 Å². The van der Waals surface area contributed by atoms with Gasteiger partial charge in [-0.1, -0.05) is 93.6 Å². The van der Waals surface area contributed by atoms with Crippen molar-refractivity contribution in [2.45, 2.75) is 52.1 Å². The Morgan fingerprint density at radius 2 is 1.45 bits per heavy atom. The lowest BCUT2D eigenvalue weighted by Crippen LogP contribution is -2.53. The number of nitrogens with one attached hydrogen (secondary N) is 1. The molecule has 1 saturated heterocycles. The number of carbonyl (C=O) groups excluding carboxylic acids is 2. The standard InChI is InChI=1S/C36H42N4O2/c1-4-30-34-29(23-36(2,3)24-32(34)41)37-28-17-11-12-18-31(28)40(30)25-33(42)38-19-21-39(22-20-38)35(26-13-7-5-8-14-26)27-15-9-6-10-16-27/h5-18,30,35,37H,4,19-25H2,1-3H3. The molecular formula is C36H42N4O2. The third-order valence-corrected chi connectivity index (χ3v) is 9.08. The van der Waals surface area contributed by atoms with Gasteiger partial charge in [-0.3, -0.25) is 14.5 Å². The molecule has 1 unspecified atom stereocenters. The van der Waals surface area contributed by atoms with E-state index in [1.165, 1.54) is 11.1 Å². The van der Waals surface area contributed by atoms with Crippen LogP contribution < -0.4 is 10.2 Å². The van der Waals surface area contributed by atoms with E-state index < -0.39 is 0 Å². The van der Waals surface area contributed by atoms with Gasteiger partial charge in [0.05, 0.1) is 30.0 Å². The molecule has 1 amide bonds. The van der Waals surface area contributed by atoms with Crippen molar-refractivity contribution in [2.75, 3.05) is 42.9 Å². The summed E-state index contributed by atoms with van der Waals surface area (Å²) in [7, 11) is 0. The number of allylic oxidation sites excluding steroid dienone is 1. The Hall–Kier alpha value is -3.90. The average Bonchev–Trinajstić information content (AvgIpc) is 3.12. The number of hydrogen-bond donors (Lipinski definition) is 1. The molecule has 1 aliphatic carbocycles. The number of piperazine rings is 1. The lowest BCUT2D eigenvalue weighted by Gasteiger charge is -2.41. The van der Waals surface area contributed by atoms with Crippen LogP contribution in [0.2, 0.25) is 0 Å². The Bertz CT molecular complexity index is 1420. The molecule has 1 N–H and O–H groups in total. The minimum absolute atomic E-state index is 0.0851. The monoisotopic (exact) mass is 562 g/mol. The van der Waals surface area contributed by atoms with Crippen molar-refractivity contribution in [1.29, 1.82) is 0 Å². The lowest BCUT2D eigenvalue weighted by molar-refractivity contribution is -0.131. The maximum absolute atomic E-state index is 14.0. The summed E-state index contributed by atoms with van der Waals surface area (Å²) >= 11 is 0. The van der Waals surface area contributed by atoms with Crippen molar-refractivity contribution >= 4 is 23.1 Å². The van der Waals surface area contributed by atoms with Gasteiger partial charge in [0.1, 0.15) is 0 Å². The maximum atomic E-state index is 14.0. The van der Waals surface area contributed by atoms with Gasteiger partial charge in [-0.05, 0) is 41.5 Å². The van der Waals surface area contributed by atoms with Crippen LogP contribution >= 0.6 is 0 Å². The molecule has 0 spiro atoms. The Morgan fingerprint density at radius 3 is 2.07 bits per heavy atom. The Kier molecular flexibility index (Phi) is 7.91. The summed E-state index contributed by atoms with van der Waals surface area (Å²) in [6, 6.07) is 29.5. The Morgan fingerprint density at radius 1 is 0.857 bits per heavy atom. The van der Waals surface area contributed by atoms with Gasteiger partial charge in [-0.25, -0.2) is 0 Å². The molecule has 2 aliphatic heterocycles. The number of ketones is 1. The summed E-state index contributed by atoms with van der Waals surface area (Å²) in [4.78, 5) is 34.2. The van der Waals surface area contributed by atoms with Gasteiger partial charge in [-0.15, -0.1) is 0 Å². The average molecular weight is 563 g/mol. The van der Waals surface area contributed by atoms with Crippen LogP contribution in [-0.4, -0.2) is 60.3 Å². The van der Waals surface area contributed by atoms with Crippen LogP contribution in [0.4, 0.5) is 11.4 Å². The second kappa shape index (κ2) is 11.8. The first-order chi connectivity index (χ1) is 20.3. The first kappa shape index (κ1) is 28.2. The number of carbonyl (C=O) groups is 2. The number of para-hydroxylation sites is 2. The molecule has 0 radical (unpaired) electrons. The van der Waals surface area contributed by atoms with E-state index in [1.807, 2.05) is 17.0 Å². The third kappa shape index (κ3) is 5.60. The number of amides is 1. The number of anilines is 2. The van der Waals surface area contributed by atoms with Crippen LogP contribution in [0.25, 0.3) is 0 Å². The van der Waals surface area contributed by atoms with Gasteiger partial charge < -0.3 is 15.1 Å². The smallest absolute Gasteiger partial charge is 0.242 e. The van der Waals surface area contributed by atoms with Crippen LogP contribution in [0.1, 0.15) is 57.2 Å². The largest absolute Gasteiger partial charge is 0.357 e. The first-order valence-corrected chi connectivity index (χ1v) is 15.4. The molecule has 0 bridgehead atoms. The van der Waals surface area contributed by atoms with E-state index in [9.17, 15) is 9.59 Å². The molecule has 6 heteroatoms. The third-order valence-electron chi connectivity index (χ3n) is 9.08. The minimum Gasteiger partial charge on any atom is -0.357 e. The Labute approximate surface area is 250 Å². The van der Waals surface area contributed by atoms with Gasteiger partial charge in [-0.2, -0.15) is 0 Å². The predicted octanol–water partition coefficient (Wildman–Crippen LogP) is 6.27. The molecule has 1 atom stereocenters. The van der Waals surface area contributed by atoms with Crippen LogP contribution in [0.5, 0.6) is 0 Å². The molecular weight excluding hydrogens is 520 g/mol. The molecule has 3 aliphatic rings. The van der Waals surface area contributed by atoms with Crippen LogP contribution in [0.3, 0.4) is 0 Å². The fraction of sp³-hybridized carbons (Fsp3) is 0.389. The van der Waals surface area contributed by atoms with Gasteiger partial charge in [0.2, 0.25) is 5.91 Å². The van der Waals surface area contributed by atoms with Crippen molar-refractivity contribution in [1.82, 2.24) is 9.80 Å². The van der Waals surface area contributed by atoms with Crippen LogP contribution in [0, 0.1) is 5.41 Å². The van der Waals surface area contributed by atoms with Gasteiger partial charge >= 0.3 is 0 Å². The summed E-state index contributed by atoms with van der Waals surface area (Å²) in [5.74, 6) is 0.318. The molecule has 3 aromatic carbocycles. The van der Waals surface area contributed by atoms with E-state index >= 15 is 0 Å². The summed E-state index contributed by atoms with van der Waals surface area (Å²) in [5.41, 5.74) is 6.30. The molecule has 42 heavy (non-hydrogen) atoms. The van der Waals surface area contributed by atoms with Crippen molar-refractivity contribution in [3.05, 3.63) is 107 Å². The van der Waals surface area contributed by atoms with Gasteiger partial charge in [0.25, 0.3) is 0 Å². The zero-order valence-electron chi connectivity index (χ0n) is 25.1. The maximum Gasteiger partial charge on any atom is 0.242 e. The number of benzene rings is 3. The van der Waals surface area contributed by atoms with E-state index in [1.54, 1.807) is 0 Å². The molecule has 6 rings (SSSR count). The van der Waals surface area contributed by atoms with E-state index in [0.29, 0.717) is 19.5 Å². The predicted molar refractivity (Wildman–Crippen MR) is 169 cm³/mol. The summed E-state index contributed by atoms with van der Waals surface area (Å²) in [6.45, 7) is 9.67. The number of fused-ring (bicyclic) bond motifs is 1. The Balaban J connectivity index is 1.22. The highest BCUT2D eigenvalue weighted by Gasteiger charge is 2.41. The fourth-order valence-electron chi connectivity index (χ4n) is 7.13. The van der Waals surface area contributed by atoms with E-state index in [-0.39, 0.29) is 35.7 Å². The normalized spacial score (nSPS) is 20.6. The fourth-order valence-corrected chi connectivity index (χ4v) is 7.13. The summed E-state index contributed by atoms with van der Waals surface area (Å²) in [6.07, 6.45) is 2.12. The highest BCUT2D eigenvalue weighted by molar-refractivity contribution is 6.01. The van der Waals surface area contributed by atoms with E-state index in [2.05, 4.69) is 109 Å². The minimum atomic E-state index is -0.134. The molecule has 0 saturated carbocycles. The SMILES string of the molecule is CCC1C2=C(CC(C)(C)CC2=O)Nc2ccccc2N1CC(=O)N1CCN(C(c2ccccc2)c2ccccc2)CC1. The zero-order valence-corrected chi connectivity index (χ0v) is 25.1.